The molecular weight excluding hydrogens is 266 g/mol. The van der Waals surface area contributed by atoms with Crippen molar-refractivity contribution in [3.8, 4) is 0 Å². The predicted molar refractivity (Wildman–Crippen MR) is 73.0 cm³/mol. The second-order valence-corrected chi connectivity index (χ2v) is 6.28. The third kappa shape index (κ3) is 5.69. The number of aromatic nitrogens is 1. The predicted octanol–water partition coefficient (Wildman–Crippen LogP) is 1.83. The first-order chi connectivity index (χ1) is 8.79. The Morgan fingerprint density at radius 2 is 2.16 bits per heavy atom. The van der Waals surface area contributed by atoms with Gasteiger partial charge in [0, 0.05) is 17.1 Å². The topological polar surface area (TPSA) is 91.3 Å². The lowest BCUT2D eigenvalue weighted by molar-refractivity contribution is -0.138. The maximum absolute atomic E-state index is 11.7. The van der Waals surface area contributed by atoms with Crippen molar-refractivity contribution >= 4 is 23.3 Å². The summed E-state index contributed by atoms with van der Waals surface area (Å²) in [4.78, 5) is 27.4. The minimum Gasteiger partial charge on any atom is -0.481 e. The molecule has 2 amide bonds. The number of aliphatic carboxylic acids is 1. The lowest BCUT2D eigenvalue weighted by Gasteiger charge is -2.30. The van der Waals surface area contributed by atoms with Crippen molar-refractivity contribution in [2.45, 2.75) is 39.8 Å². The molecule has 0 saturated carbocycles. The van der Waals surface area contributed by atoms with Gasteiger partial charge in [-0.15, -0.1) is 11.3 Å². The molecule has 1 atom stereocenters. The monoisotopic (exact) mass is 285 g/mol. The third-order valence-corrected chi connectivity index (χ3v) is 3.42. The van der Waals surface area contributed by atoms with Crippen LogP contribution in [0, 0.1) is 5.41 Å². The van der Waals surface area contributed by atoms with Crippen LogP contribution in [0.1, 0.15) is 32.1 Å². The van der Waals surface area contributed by atoms with Gasteiger partial charge in [-0.1, -0.05) is 20.8 Å². The van der Waals surface area contributed by atoms with E-state index >= 15 is 0 Å². The molecule has 0 bridgehead atoms. The summed E-state index contributed by atoms with van der Waals surface area (Å²) in [7, 11) is 0. The summed E-state index contributed by atoms with van der Waals surface area (Å²) < 4.78 is 0. The smallest absolute Gasteiger partial charge is 0.315 e. The summed E-state index contributed by atoms with van der Waals surface area (Å²) in [5.41, 5.74) is 1.37. The van der Waals surface area contributed by atoms with Gasteiger partial charge in [-0.2, -0.15) is 0 Å². The molecule has 1 aromatic rings. The van der Waals surface area contributed by atoms with Gasteiger partial charge in [-0.3, -0.25) is 9.78 Å². The molecule has 0 spiro atoms. The number of urea groups is 1. The van der Waals surface area contributed by atoms with E-state index in [1.807, 2.05) is 20.8 Å². The zero-order chi connectivity index (χ0) is 14.5. The SMILES string of the molecule is CC(C)(C)C(CC(=O)O)NC(=O)NCc1cncs1. The van der Waals surface area contributed by atoms with E-state index in [0.717, 1.165) is 4.88 Å². The van der Waals surface area contributed by atoms with E-state index in [9.17, 15) is 9.59 Å². The van der Waals surface area contributed by atoms with Crippen LogP contribution < -0.4 is 10.6 Å². The Bertz CT molecular complexity index is 426. The normalized spacial score (nSPS) is 12.8. The highest BCUT2D eigenvalue weighted by Gasteiger charge is 2.28. The highest BCUT2D eigenvalue weighted by molar-refractivity contribution is 7.09. The fraction of sp³-hybridized carbons (Fsp3) is 0.583. The molecule has 0 saturated heterocycles. The van der Waals surface area contributed by atoms with Gasteiger partial charge in [0.05, 0.1) is 18.5 Å². The average molecular weight is 285 g/mol. The molecule has 7 heteroatoms. The Kier molecular flexibility index (Phi) is 5.29. The highest BCUT2D eigenvalue weighted by Crippen LogP contribution is 2.21. The van der Waals surface area contributed by atoms with Gasteiger partial charge in [0.2, 0.25) is 0 Å². The summed E-state index contributed by atoms with van der Waals surface area (Å²) in [5, 5.41) is 14.3. The zero-order valence-corrected chi connectivity index (χ0v) is 12.1. The number of carboxylic acids is 1. The molecule has 6 nitrogen and oxygen atoms in total. The maximum Gasteiger partial charge on any atom is 0.315 e. The van der Waals surface area contributed by atoms with Crippen molar-refractivity contribution in [1.29, 1.82) is 0 Å². The van der Waals surface area contributed by atoms with Crippen LogP contribution in [-0.2, 0) is 11.3 Å². The Morgan fingerprint density at radius 1 is 1.47 bits per heavy atom. The van der Waals surface area contributed by atoms with Gasteiger partial charge in [0.25, 0.3) is 0 Å². The Labute approximate surface area is 116 Å². The summed E-state index contributed by atoms with van der Waals surface area (Å²) in [6.07, 6.45) is 1.58. The number of hydrogen-bond acceptors (Lipinski definition) is 4. The quantitative estimate of drug-likeness (QED) is 0.769. The number of hydrogen-bond donors (Lipinski definition) is 3. The number of nitrogens with one attached hydrogen (secondary N) is 2. The Morgan fingerprint density at radius 3 is 2.63 bits per heavy atom. The average Bonchev–Trinajstić information content (AvgIpc) is 2.76. The number of carboxylic acid groups (broad SMARTS) is 1. The number of rotatable bonds is 5. The maximum atomic E-state index is 11.7. The van der Waals surface area contributed by atoms with Crippen molar-refractivity contribution in [2.24, 2.45) is 5.41 Å². The van der Waals surface area contributed by atoms with Crippen LogP contribution in [-0.4, -0.2) is 28.1 Å². The Balaban J connectivity index is 2.49. The largest absolute Gasteiger partial charge is 0.481 e. The van der Waals surface area contributed by atoms with Crippen LogP contribution in [0.4, 0.5) is 4.79 Å². The van der Waals surface area contributed by atoms with Gasteiger partial charge < -0.3 is 15.7 Å². The first kappa shape index (κ1) is 15.4. The first-order valence-electron chi connectivity index (χ1n) is 5.92. The molecule has 1 rings (SSSR count). The number of thiazole rings is 1. The fourth-order valence-corrected chi connectivity index (χ4v) is 1.99. The minimum absolute atomic E-state index is 0.0997. The van der Waals surface area contributed by atoms with E-state index in [1.165, 1.54) is 11.3 Å². The van der Waals surface area contributed by atoms with Crippen molar-refractivity contribution in [1.82, 2.24) is 15.6 Å². The lowest BCUT2D eigenvalue weighted by atomic mass is 9.85. The molecule has 0 aliphatic heterocycles. The van der Waals surface area contributed by atoms with Crippen LogP contribution in [0.3, 0.4) is 0 Å². The molecule has 19 heavy (non-hydrogen) atoms. The van der Waals surface area contributed by atoms with Crippen molar-refractivity contribution in [3.63, 3.8) is 0 Å². The van der Waals surface area contributed by atoms with Crippen LogP contribution >= 0.6 is 11.3 Å². The van der Waals surface area contributed by atoms with Gasteiger partial charge in [0.1, 0.15) is 0 Å². The molecule has 106 valence electrons. The molecule has 0 fully saturated rings. The van der Waals surface area contributed by atoms with Crippen molar-refractivity contribution in [2.75, 3.05) is 0 Å². The minimum atomic E-state index is -0.928. The second kappa shape index (κ2) is 6.51. The first-order valence-corrected chi connectivity index (χ1v) is 6.80. The molecule has 1 aromatic heterocycles. The van der Waals surface area contributed by atoms with E-state index in [2.05, 4.69) is 15.6 Å². The molecule has 1 heterocycles. The molecule has 0 radical (unpaired) electrons. The molecule has 3 N–H and O–H groups in total. The molecule has 0 aliphatic rings. The number of nitrogens with zero attached hydrogens (tertiary/aromatic N) is 1. The van der Waals surface area contributed by atoms with E-state index in [-0.39, 0.29) is 17.9 Å². The molecule has 0 aromatic carbocycles. The summed E-state index contributed by atoms with van der Waals surface area (Å²) in [6, 6.07) is -0.791. The standard InChI is InChI=1S/C12H19N3O3S/c1-12(2,3)9(4-10(16)17)15-11(18)14-6-8-5-13-7-19-8/h5,7,9H,4,6H2,1-3H3,(H,16,17)(H2,14,15,18). The van der Waals surface area contributed by atoms with Crippen molar-refractivity contribution < 1.29 is 14.7 Å². The summed E-state index contributed by atoms with van der Waals surface area (Å²) in [6.45, 7) is 6.07. The van der Waals surface area contributed by atoms with E-state index in [0.29, 0.717) is 6.54 Å². The van der Waals surface area contributed by atoms with E-state index in [1.54, 1.807) is 11.7 Å². The van der Waals surface area contributed by atoms with Crippen LogP contribution in [0.5, 0.6) is 0 Å². The fourth-order valence-electron chi connectivity index (χ4n) is 1.45. The number of carbonyl (C=O) groups is 2. The molecule has 1 unspecified atom stereocenters. The van der Waals surface area contributed by atoms with Gasteiger partial charge in [-0.05, 0) is 5.41 Å². The number of carbonyl (C=O) groups excluding carboxylic acids is 1. The van der Waals surface area contributed by atoms with E-state index in [4.69, 9.17) is 5.11 Å². The highest BCUT2D eigenvalue weighted by atomic mass is 32.1. The van der Waals surface area contributed by atoms with Crippen LogP contribution in [0.2, 0.25) is 0 Å². The van der Waals surface area contributed by atoms with Crippen molar-refractivity contribution in [3.05, 3.63) is 16.6 Å². The van der Waals surface area contributed by atoms with Crippen LogP contribution in [0.25, 0.3) is 0 Å². The lowest BCUT2D eigenvalue weighted by Crippen LogP contribution is -2.48. The molecule has 0 aliphatic carbocycles. The molecular formula is C12H19N3O3S. The third-order valence-electron chi connectivity index (χ3n) is 2.64. The van der Waals surface area contributed by atoms with Gasteiger partial charge >= 0.3 is 12.0 Å². The second-order valence-electron chi connectivity index (χ2n) is 5.31. The van der Waals surface area contributed by atoms with E-state index < -0.39 is 12.0 Å². The van der Waals surface area contributed by atoms with Crippen LogP contribution in [0.15, 0.2) is 11.7 Å². The van der Waals surface area contributed by atoms with Gasteiger partial charge in [-0.25, -0.2) is 4.79 Å². The van der Waals surface area contributed by atoms with Gasteiger partial charge in [0.15, 0.2) is 0 Å². The Hall–Kier alpha value is -1.63. The summed E-state index contributed by atoms with van der Waals surface area (Å²) in [5.74, 6) is -0.928. The number of amides is 2. The zero-order valence-electron chi connectivity index (χ0n) is 11.3. The summed E-state index contributed by atoms with van der Waals surface area (Å²) >= 11 is 1.45.